The first-order valence-electron chi connectivity index (χ1n) is 6.82. The Balaban J connectivity index is 2.45. The van der Waals surface area contributed by atoms with E-state index in [2.05, 4.69) is 6.07 Å². The average molecular weight is 325 g/mol. The van der Waals surface area contributed by atoms with E-state index in [1.54, 1.807) is 24.8 Å². The summed E-state index contributed by atoms with van der Waals surface area (Å²) in [7, 11) is -3.19. The lowest BCUT2D eigenvalue weighted by Crippen LogP contribution is -2.48. The van der Waals surface area contributed by atoms with Gasteiger partial charge in [-0.3, -0.25) is 0 Å². The summed E-state index contributed by atoms with van der Waals surface area (Å²) < 4.78 is 24.6. The van der Waals surface area contributed by atoms with Crippen LogP contribution in [0.25, 0.3) is 0 Å². The molecule has 0 aliphatic carbocycles. The van der Waals surface area contributed by atoms with Crippen LogP contribution in [-0.4, -0.2) is 37.6 Å². The molecule has 1 atom stereocenters. The zero-order chi connectivity index (χ0) is 15.5. The van der Waals surface area contributed by atoms with Gasteiger partial charge in [0.1, 0.15) is 11.4 Å². The highest BCUT2D eigenvalue weighted by atomic mass is 32.2. The predicted molar refractivity (Wildman–Crippen MR) is 87.0 cm³/mol. The van der Waals surface area contributed by atoms with Crippen LogP contribution in [0, 0.1) is 11.3 Å². The number of nitrogens with zero attached hydrogens (tertiary/aromatic N) is 2. The Morgan fingerprint density at radius 3 is 2.90 bits per heavy atom. The van der Waals surface area contributed by atoms with Gasteiger partial charge >= 0.3 is 0 Å². The molecule has 1 fully saturated rings. The Kier molecular flexibility index (Phi) is 5.14. The maximum Gasteiger partial charge on any atom is 0.171 e. The van der Waals surface area contributed by atoms with E-state index in [-0.39, 0.29) is 5.75 Å². The average Bonchev–Trinajstić information content (AvgIpc) is 2.54. The molecule has 0 bridgehead atoms. The molecule has 0 saturated carbocycles. The van der Waals surface area contributed by atoms with Crippen molar-refractivity contribution in [3.63, 3.8) is 0 Å². The van der Waals surface area contributed by atoms with Gasteiger partial charge in [-0.15, -0.1) is 0 Å². The first-order valence-corrected chi connectivity index (χ1v) is 9.69. The SMILES string of the molecule is CCS(=O)(=O)C1CSCCN1c1ccc(CN)cc1C#N. The lowest BCUT2D eigenvalue weighted by atomic mass is 10.1. The van der Waals surface area contributed by atoms with Crippen LogP contribution < -0.4 is 10.6 Å². The van der Waals surface area contributed by atoms with Crippen LogP contribution in [0.1, 0.15) is 18.1 Å². The van der Waals surface area contributed by atoms with Gasteiger partial charge < -0.3 is 10.6 Å². The van der Waals surface area contributed by atoms with E-state index in [9.17, 15) is 13.7 Å². The fraction of sp³-hybridized carbons (Fsp3) is 0.500. The quantitative estimate of drug-likeness (QED) is 0.898. The van der Waals surface area contributed by atoms with Crippen LogP contribution in [0.3, 0.4) is 0 Å². The van der Waals surface area contributed by atoms with Crippen molar-refractivity contribution < 1.29 is 8.42 Å². The number of sulfone groups is 1. The molecule has 1 heterocycles. The molecule has 1 aromatic rings. The van der Waals surface area contributed by atoms with Gasteiger partial charge in [-0.05, 0) is 17.7 Å². The third-order valence-corrected chi connectivity index (χ3v) is 6.92. The van der Waals surface area contributed by atoms with Crippen molar-refractivity contribution in [2.45, 2.75) is 18.8 Å². The summed E-state index contributed by atoms with van der Waals surface area (Å²) in [6, 6.07) is 7.57. The summed E-state index contributed by atoms with van der Waals surface area (Å²) in [6.45, 7) is 2.65. The van der Waals surface area contributed by atoms with Crippen LogP contribution in [0.5, 0.6) is 0 Å². The highest BCUT2D eigenvalue weighted by molar-refractivity contribution is 8.01. The van der Waals surface area contributed by atoms with Gasteiger partial charge in [0.05, 0.1) is 11.3 Å². The zero-order valence-electron chi connectivity index (χ0n) is 11.9. The molecule has 5 nitrogen and oxygen atoms in total. The van der Waals surface area contributed by atoms with Gasteiger partial charge in [0.2, 0.25) is 0 Å². The maximum atomic E-state index is 12.3. The number of anilines is 1. The Hall–Kier alpha value is -1.23. The number of hydrogen-bond donors (Lipinski definition) is 1. The molecule has 1 aliphatic heterocycles. The minimum absolute atomic E-state index is 0.109. The standard InChI is InChI=1S/C14H19N3O2S2/c1-2-21(18,19)14-10-20-6-5-17(14)13-4-3-11(8-15)7-12(13)9-16/h3-4,7,14H,2,5-6,8,10,15H2,1H3. The number of thioether (sulfide) groups is 1. The van der Waals surface area contributed by atoms with E-state index >= 15 is 0 Å². The minimum Gasteiger partial charge on any atom is -0.352 e. The number of hydrogen-bond acceptors (Lipinski definition) is 6. The van der Waals surface area contributed by atoms with Crippen molar-refractivity contribution in [2.75, 3.05) is 28.7 Å². The Morgan fingerprint density at radius 1 is 1.52 bits per heavy atom. The first kappa shape index (κ1) is 16.1. The number of rotatable bonds is 4. The summed E-state index contributed by atoms with van der Waals surface area (Å²) in [5, 5.41) is 8.78. The van der Waals surface area contributed by atoms with Crippen molar-refractivity contribution in [3.05, 3.63) is 29.3 Å². The Bertz CT molecular complexity index is 653. The molecule has 1 unspecified atom stereocenters. The molecule has 7 heteroatoms. The van der Waals surface area contributed by atoms with Gasteiger partial charge in [0.25, 0.3) is 0 Å². The third-order valence-electron chi connectivity index (χ3n) is 3.63. The van der Waals surface area contributed by atoms with Crippen molar-refractivity contribution in [2.24, 2.45) is 5.73 Å². The summed E-state index contributed by atoms with van der Waals surface area (Å²) in [5.74, 6) is 1.51. The fourth-order valence-electron chi connectivity index (χ4n) is 2.40. The Labute approximate surface area is 130 Å². The van der Waals surface area contributed by atoms with Crippen LogP contribution in [0.15, 0.2) is 18.2 Å². The lowest BCUT2D eigenvalue weighted by Gasteiger charge is -2.37. The predicted octanol–water partition coefficient (Wildman–Crippen LogP) is 1.33. The lowest BCUT2D eigenvalue weighted by molar-refractivity contribution is 0.579. The molecule has 1 aliphatic rings. The second kappa shape index (κ2) is 6.69. The zero-order valence-corrected chi connectivity index (χ0v) is 13.6. The van der Waals surface area contributed by atoms with Crippen LogP contribution in [0.4, 0.5) is 5.69 Å². The maximum absolute atomic E-state index is 12.3. The van der Waals surface area contributed by atoms with Crippen molar-refractivity contribution in [3.8, 4) is 6.07 Å². The molecule has 0 spiro atoms. The summed E-state index contributed by atoms with van der Waals surface area (Å²) in [6.07, 6.45) is 0. The topological polar surface area (TPSA) is 87.2 Å². The minimum atomic E-state index is -3.19. The van der Waals surface area contributed by atoms with Crippen LogP contribution >= 0.6 is 11.8 Å². The molecule has 21 heavy (non-hydrogen) atoms. The number of nitriles is 1. The van der Waals surface area contributed by atoms with Gasteiger partial charge in [0, 0.05) is 30.3 Å². The van der Waals surface area contributed by atoms with Crippen molar-refractivity contribution in [1.82, 2.24) is 0 Å². The third kappa shape index (κ3) is 3.34. The smallest absolute Gasteiger partial charge is 0.171 e. The van der Waals surface area contributed by atoms with E-state index in [4.69, 9.17) is 5.73 Å². The second-order valence-electron chi connectivity index (χ2n) is 4.84. The molecule has 0 aromatic heterocycles. The van der Waals surface area contributed by atoms with E-state index in [1.165, 1.54) is 0 Å². The van der Waals surface area contributed by atoms with Gasteiger partial charge in [0.15, 0.2) is 9.84 Å². The van der Waals surface area contributed by atoms with E-state index in [0.29, 0.717) is 30.1 Å². The molecule has 0 radical (unpaired) electrons. The largest absolute Gasteiger partial charge is 0.352 e. The van der Waals surface area contributed by atoms with Gasteiger partial charge in [-0.1, -0.05) is 13.0 Å². The highest BCUT2D eigenvalue weighted by Gasteiger charge is 2.33. The van der Waals surface area contributed by atoms with Crippen LogP contribution in [-0.2, 0) is 16.4 Å². The van der Waals surface area contributed by atoms with E-state index in [1.807, 2.05) is 17.0 Å². The normalized spacial score (nSPS) is 19.3. The molecular formula is C14H19N3O2S2. The van der Waals surface area contributed by atoms with Crippen molar-refractivity contribution in [1.29, 1.82) is 5.26 Å². The van der Waals surface area contributed by atoms with Gasteiger partial charge in [-0.25, -0.2) is 8.42 Å². The molecule has 1 saturated heterocycles. The molecular weight excluding hydrogens is 306 g/mol. The second-order valence-corrected chi connectivity index (χ2v) is 8.44. The number of benzene rings is 1. The molecule has 0 amide bonds. The summed E-state index contributed by atoms with van der Waals surface area (Å²) >= 11 is 1.64. The molecule has 1 aromatic carbocycles. The van der Waals surface area contributed by atoms with E-state index < -0.39 is 15.2 Å². The first-order chi connectivity index (χ1) is 10.0. The van der Waals surface area contributed by atoms with Gasteiger partial charge in [-0.2, -0.15) is 17.0 Å². The molecule has 114 valence electrons. The van der Waals surface area contributed by atoms with Crippen LogP contribution in [0.2, 0.25) is 0 Å². The fourth-order valence-corrected chi connectivity index (χ4v) is 5.38. The van der Waals surface area contributed by atoms with E-state index in [0.717, 1.165) is 11.3 Å². The highest BCUT2D eigenvalue weighted by Crippen LogP contribution is 2.30. The summed E-state index contributed by atoms with van der Waals surface area (Å²) in [5.41, 5.74) is 7.65. The number of nitrogens with two attached hydrogens (primary N) is 1. The molecule has 2 N–H and O–H groups in total. The molecule has 2 rings (SSSR count). The summed E-state index contributed by atoms with van der Waals surface area (Å²) in [4.78, 5) is 1.86. The monoisotopic (exact) mass is 325 g/mol. The Morgan fingerprint density at radius 2 is 2.29 bits per heavy atom. The van der Waals surface area contributed by atoms with Crippen molar-refractivity contribution >= 4 is 27.3 Å².